The van der Waals surface area contributed by atoms with Gasteiger partial charge in [-0.05, 0) is 42.8 Å². The molecule has 1 amide bonds. The normalized spacial score (nSPS) is 12.6. The average Bonchev–Trinajstić information content (AvgIpc) is 2.94. The summed E-state index contributed by atoms with van der Waals surface area (Å²) >= 11 is 0. The molecule has 5 heteroatoms. The van der Waals surface area contributed by atoms with Crippen molar-refractivity contribution in [1.29, 1.82) is 0 Å². The van der Waals surface area contributed by atoms with Gasteiger partial charge < -0.3 is 9.47 Å². The van der Waals surface area contributed by atoms with E-state index in [2.05, 4.69) is 10.5 Å². The number of nitrogens with one attached hydrogen (secondary N) is 1. The zero-order valence-electron chi connectivity index (χ0n) is 11.5. The van der Waals surface area contributed by atoms with Crippen LogP contribution >= 0.6 is 0 Å². The van der Waals surface area contributed by atoms with E-state index in [1.54, 1.807) is 12.3 Å². The molecule has 0 aliphatic carbocycles. The number of hydrogen-bond donors (Lipinski definition) is 1. The number of carbonyl (C=O) groups excluding carboxylic acids is 1. The molecule has 1 N–H and O–H groups in total. The Balaban J connectivity index is 1.65. The molecular weight excluding hydrogens is 268 g/mol. The first-order chi connectivity index (χ1) is 10.2. The second-order valence-corrected chi connectivity index (χ2v) is 4.68. The molecule has 0 atom stereocenters. The Kier molecular flexibility index (Phi) is 3.55. The van der Waals surface area contributed by atoms with Crippen molar-refractivity contribution in [2.75, 3.05) is 6.79 Å². The van der Waals surface area contributed by atoms with Crippen molar-refractivity contribution >= 4 is 12.1 Å². The molecule has 1 aliphatic heterocycles. The molecule has 0 bridgehead atoms. The fraction of sp³-hybridized carbons (Fsp3) is 0.125. The van der Waals surface area contributed by atoms with Crippen LogP contribution < -0.4 is 14.9 Å². The van der Waals surface area contributed by atoms with Crippen LogP contribution in [0.1, 0.15) is 21.5 Å². The number of hydrazone groups is 1. The maximum atomic E-state index is 11.9. The highest BCUT2D eigenvalue weighted by atomic mass is 16.7. The van der Waals surface area contributed by atoms with E-state index in [9.17, 15) is 4.79 Å². The van der Waals surface area contributed by atoms with Crippen LogP contribution in [0.5, 0.6) is 11.5 Å². The van der Waals surface area contributed by atoms with Gasteiger partial charge in [0.05, 0.1) is 6.21 Å². The summed E-state index contributed by atoms with van der Waals surface area (Å²) in [7, 11) is 0. The highest BCUT2D eigenvalue weighted by Gasteiger charge is 2.12. The molecule has 2 aromatic carbocycles. The van der Waals surface area contributed by atoms with Gasteiger partial charge in [0.2, 0.25) is 6.79 Å². The summed E-state index contributed by atoms with van der Waals surface area (Å²) in [6, 6.07) is 12.8. The number of nitrogens with zero attached hydrogens (tertiary/aromatic N) is 1. The number of amides is 1. The van der Waals surface area contributed by atoms with Gasteiger partial charge in [-0.1, -0.05) is 17.7 Å². The van der Waals surface area contributed by atoms with E-state index in [-0.39, 0.29) is 12.7 Å². The Morgan fingerprint density at radius 1 is 1.19 bits per heavy atom. The van der Waals surface area contributed by atoms with Crippen LogP contribution in [-0.4, -0.2) is 18.9 Å². The quantitative estimate of drug-likeness (QED) is 0.695. The summed E-state index contributed by atoms with van der Waals surface area (Å²) in [6.07, 6.45) is 1.57. The molecule has 0 saturated carbocycles. The number of rotatable bonds is 3. The summed E-state index contributed by atoms with van der Waals surface area (Å²) < 4.78 is 10.5. The molecule has 1 heterocycles. The molecule has 2 aromatic rings. The largest absolute Gasteiger partial charge is 0.454 e. The van der Waals surface area contributed by atoms with Crippen molar-refractivity contribution in [1.82, 2.24) is 5.43 Å². The number of carbonyl (C=O) groups is 1. The lowest BCUT2D eigenvalue weighted by molar-refractivity contribution is 0.0955. The lowest BCUT2D eigenvalue weighted by Gasteiger charge is -2.01. The van der Waals surface area contributed by atoms with Crippen LogP contribution in [0.2, 0.25) is 0 Å². The molecule has 21 heavy (non-hydrogen) atoms. The Morgan fingerprint density at radius 3 is 2.90 bits per heavy atom. The van der Waals surface area contributed by atoms with Crippen molar-refractivity contribution in [2.24, 2.45) is 5.10 Å². The predicted molar refractivity (Wildman–Crippen MR) is 78.8 cm³/mol. The van der Waals surface area contributed by atoms with E-state index in [1.165, 1.54) is 0 Å². The summed E-state index contributed by atoms with van der Waals surface area (Å²) in [4.78, 5) is 11.9. The molecule has 106 valence electrons. The van der Waals surface area contributed by atoms with Gasteiger partial charge >= 0.3 is 0 Å². The van der Waals surface area contributed by atoms with Gasteiger partial charge in [-0.2, -0.15) is 5.10 Å². The Hall–Kier alpha value is -2.82. The fourth-order valence-corrected chi connectivity index (χ4v) is 2.01. The van der Waals surface area contributed by atoms with Crippen LogP contribution in [0, 0.1) is 6.92 Å². The number of ether oxygens (including phenoxy) is 2. The SMILES string of the molecule is Cc1cccc(C(=O)NN=Cc2ccc3c(c2)OCO3)c1. The minimum absolute atomic E-state index is 0.236. The Bertz CT molecular complexity index is 710. The maximum absolute atomic E-state index is 11.9. The molecule has 5 nitrogen and oxygen atoms in total. The predicted octanol–water partition coefficient (Wildman–Crippen LogP) is 2.49. The third kappa shape index (κ3) is 3.02. The molecule has 0 spiro atoms. The van der Waals surface area contributed by atoms with Crippen LogP contribution in [0.15, 0.2) is 47.6 Å². The van der Waals surface area contributed by atoms with E-state index in [0.29, 0.717) is 11.3 Å². The highest BCUT2D eigenvalue weighted by molar-refractivity contribution is 5.95. The molecular formula is C16H14N2O3. The topological polar surface area (TPSA) is 59.9 Å². The highest BCUT2D eigenvalue weighted by Crippen LogP contribution is 2.31. The van der Waals surface area contributed by atoms with Gasteiger partial charge in [-0.15, -0.1) is 0 Å². The van der Waals surface area contributed by atoms with Crippen molar-refractivity contribution in [3.05, 3.63) is 59.2 Å². The third-order valence-electron chi connectivity index (χ3n) is 3.06. The number of fused-ring (bicyclic) bond motifs is 1. The average molecular weight is 282 g/mol. The first-order valence-corrected chi connectivity index (χ1v) is 6.52. The molecule has 1 aliphatic rings. The van der Waals surface area contributed by atoms with Gasteiger partial charge in [0.15, 0.2) is 11.5 Å². The van der Waals surface area contributed by atoms with Crippen molar-refractivity contribution in [3.63, 3.8) is 0 Å². The van der Waals surface area contributed by atoms with Gasteiger partial charge in [0.25, 0.3) is 5.91 Å². The van der Waals surface area contributed by atoms with E-state index in [1.807, 2.05) is 43.3 Å². The minimum atomic E-state index is -0.240. The van der Waals surface area contributed by atoms with Gasteiger partial charge in [0.1, 0.15) is 0 Å². The zero-order valence-corrected chi connectivity index (χ0v) is 11.5. The second kappa shape index (κ2) is 5.66. The number of aryl methyl sites for hydroxylation is 1. The van der Waals surface area contributed by atoms with Crippen molar-refractivity contribution in [2.45, 2.75) is 6.92 Å². The van der Waals surface area contributed by atoms with Crippen molar-refractivity contribution in [3.8, 4) is 11.5 Å². The molecule has 0 aromatic heterocycles. The number of hydrogen-bond acceptors (Lipinski definition) is 4. The fourth-order valence-electron chi connectivity index (χ4n) is 2.01. The standard InChI is InChI=1S/C16H14N2O3/c1-11-3-2-4-13(7-11)16(19)18-17-9-12-5-6-14-15(8-12)21-10-20-14/h2-9H,10H2,1H3,(H,18,19). The molecule has 0 fully saturated rings. The lowest BCUT2D eigenvalue weighted by Crippen LogP contribution is -2.17. The first-order valence-electron chi connectivity index (χ1n) is 6.52. The maximum Gasteiger partial charge on any atom is 0.271 e. The monoisotopic (exact) mass is 282 g/mol. The molecule has 0 unspecified atom stereocenters. The summed E-state index contributed by atoms with van der Waals surface area (Å²) in [5.41, 5.74) is 4.94. The minimum Gasteiger partial charge on any atom is -0.454 e. The van der Waals surface area contributed by atoms with Crippen LogP contribution in [0.3, 0.4) is 0 Å². The number of benzene rings is 2. The van der Waals surface area contributed by atoms with Crippen LogP contribution in [0.4, 0.5) is 0 Å². The van der Waals surface area contributed by atoms with E-state index in [0.717, 1.165) is 16.9 Å². The Labute approximate surface area is 122 Å². The Morgan fingerprint density at radius 2 is 2.05 bits per heavy atom. The van der Waals surface area contributed by atoms with Gasteiger partial charge in [-0.3, -0.25) is 4.79 Å². The van der Waals surface area contributed by atoms with E-state index >= 15 is 0 Å². The van der Waals surface area contributed by atoms with E-state index in [4.69, 9.17) is 9.47 Å². The van der Waals surface area contributed by atoms with E-state index < -0.39 is 0 Å². The zero-order chi connectivity index (χ0) is 14.7. The molecule has 3 rings (SSSR count). The van der Waals surface area contributed by atoms with Crippen molar-refractivity contribution < 1.29 is 14.3 Å². The third-order valence-corrected chi connectivity index (χ3v) is 3.06. The second-order valence-electron chi connectivity index (χ2n) is 4.68. The van der Waals surface area contributed by atoms with Gasteiger partial charge in [0, 0.05) is 5.56 Å². The van der Waals surface area contributed by atoms with Crippen LogP contribution in [-0.2, 0) is 0 Å². The summed E-state index contributed by atoms with van der Waals surface area (Å²) in [5, 5.41) is 3.95. The summed E-state index contributed by atoms with van der Waals surface area (Å²) in [6.45, 7) is 2.17. The lowest BCUT2D eigenvalue weighted by atomic mass is 10.1. The van der Waals surface area contributed by atoms with Crippen LogP contribution in [0.25, 0.3) is 0 Å². The van der Waals surface area contributed by atoms with Gasteiger partial charge in [-0.25, -0.2) is 5.43 Å². The summed E-state index contributed by atoms with van der Waals surface area (Å²) in [5.74, 6) is 1.16. The molecule has 0 radical (unpaired) electrons. The smallest absolute Gasteiger partial charge is 0.271 e. The molecule has 0 saturated heterocycles. The first kappa shape index (κ1) is 13.2.